The van der Waals surface area contributed by atoms with E-state index in [1.165, 1.54) is 0 Å². The number of hydrogen-bond acceptors (Lipinski definition) is 4. The van der Waals surface area contributed by atoms with Crippen molar-refractivity contribution in [2.75, 3.05) is 5.43 Å². The van der Waals surface area contributed by atoms with Crippen molar-refractivity contribution in [2.45, 2.75) is 6.92 Å². The van der Waals surface area contributed by atoms with E-state index in [9.17, 15) is 4.79 Å². The molecule has 0 bridgehead atoms. The number of rotatable bonds is 2. The summed E-state index contributed by atoms with van der Waals surface area (Å²) in [6.07, 6.45) is 0. The Balaban J connectivity index is 0.00000162. The van der Waals surface area contributed by atoms with Crippen LogP contribution in [0.5, 0.6) is 0 Å². The lowest BCUT2D eigenvalue weighted by molar-refractivity contribution is 0.250. The normalized spacial score (nSPS) is 9.67. The van der Waals surface area contributed by atoms with Crippen LogP contribution in [0.3, 0.4) is 0 Å². The number of hydrogen-bond donors (Lipinski definition) is 3. The van der Waals surface area contributed by atoms with Gasteiger partial charge in [0.25, 0.3) is 0 Å². The standard InChI is InChI=1S/C10H10ClN5O.ClH/c1-5-13-8-4-6(11)2-3-7(8)9(14-5)15-16-10(12)17;/h2-4H,1H3,(H3,12,16,17)(H,13,14,15);1H. The molecule has 6 nitrogen and oxygen atoms in total. The number of fused-ring (bicyclic) bond motifs is 1. The maximum Gasteiger partial charge on any atom is 0.330 e. The molecule has 0 fully saturated rings. The van der Waals surface area contributed by atoms with E-state index < -0.39 is 6.03 Å². The van der Waals surface area contributed by atoms with Crippen LogP contribution in [0.15, 0.2) is 18.2 Å². The molecule has 0 spiro atoms. The second-order valence-corrected chi connectivity index (χ2v) is 3.83. The van der Waals surface area contributed by atoms with Crippen LogP contribution in [0, 0.1) is 6.92 Å². The number of nitrogens with zero attached hydrogens (tertiary/aromatic N) is 2. The Kier molecular flexibility index (Phi) is 4.52. The summed E-state index contributed by atoms with van der Waals surface area (Å²) in [5.74, 6) is 1.04. The van der Waals surface area contributed by atoms with Gasteiger partial charge in [0, 0.05) is 10.4 Å². The van der Waals surface area contributed by atoms with Crippen LogP contribution in [-0.2, 0) is 0 Å². The van der Waals surface area contributed by atoms with Gasteiger partial charge in [0.2, 0.25) is 0 Å². The molecule has 96 valence electrons. The molecule has 2 amide bonds. The fourth-order valence-corrected chi connectivity index (χ4v) is 1.60. The van der Waals surface area contributed by atoms with Gasteiger partial charge >= 0.3 is 6.03 Å². The van der Waals surface area contributed by atoms with Gasteiger partial charge < -0.3 is 5.73 Å². The molecule has 0 aliphatic rings. The average Bonchev–Trinajstić information content (AvgIpc) is 2.24. The lowest BCUT2D eigenvalue weighted by Crippen LogP contribution is -2.34. The number of aromatic nitrogens is 2. The minimum absolute atomic E-state index is 0. The van der Waals surface area contributed by atoms with Crippen molar-refractivity contribution in [3.8, 4) is 0 Å². The number of carbonyl (C=O) groups is 1. The Morgan fingerprint density at radius 2 is 2.11 bits per heavy atom. The number of urea groups is 1. The highest BCUT2D eigenvalue weighted by Crippen LogP contribution is 2.22. The summed E-state index contributed by atoms with van der Waals surface area (Å²) in [7, 11) is 0. The first-order valence-electron chi connectivity index (χ1n) is 4.81. The predicted molar refractivity (Wildman–Crippen MR) is 72.9 cm³/mol. The first-order chi connectivity index (χ1) is 8.06. The lowest BCUT2D eigenvalue weighted by atomic mass is 10.2. The topological polar surface area (TPSA) is 92.9 Å². The average molecular weight is 288 g/mol. The van der Waals surface area contributed by atoms with Gasteiger partial charge in [0.05, 0.1) is 5.52 Å². The zero-order valence-electron chi connectivity index (χ0n) is 9.40. The van der Waals surface area contributed by atoms with E-state index >= 15 is 0 Å². The largest absolute Gasteiger partial charge is 0.350 e. The molecule has 2 rings (SSSR count). The van der Waals surface area contributed by atoms with Gasteiger partial charge in [-0.05, 0) is 25.1 Å². The van der Waals surface area contributed by atoms with Crippen molar-refractivity contribution >= 4 is 46.8 Å². The molecule has 0 unspecified atom stereocenters. The summed E-state index contributed by atoms with van der Waals surface area (Å²) < 4.78 is 0. The number of amides is 2. The van der Waals surface area contributed by atoms with Crippen LogP contribution >= 0.6 is 24.0 Å². The molecule has 0 aliphatic carbocycles. The maximum atomic E-state index is 10.6. The van der Waals surface area contributed by atoms with Gasteiger partial charge in [-0.2, -0.15) is 0 Å². The van der Waals surface area contributed by atoms with Gasteiger partial charge in [-0.25, -0.2) is 14.8 Å². The molecule has 0 radical (unpaired) electrons. The van der Waals surface area contributed by atoms with E-state index in [1.54, 1.807) is 25.1 Å². The zero-order chi connectivity index (χ0) is 12.4. The number of aryl methyl sites for hydroxylation is 1. The molecule has 8 heteroatoms. The van der Waals surface area contributed by atoms with Crippen LogP contribution < -0.4 is 16.6 Å². The number of halogens is 2. The van der Waals surface area contributed by atoms with Gasteiger partial charge in [0.15, 0.2) is 5.82 Å². The number of nitrogens with one attached hydrogen (secondary N) is 2. The summed E-state index contributed by atoms with van der Waals surface area (Å²) in [6.45, 7) is 1.75. The third-order valence-corrected chi connectivity index (χ3v) is 2.31. The van der Waals surface area contributed by atoms with Gasteiger partial charge in [-0.1, -0.05) is 11.6 Å². The molecule has 2 aromatic rings. The number of primary amides is 1. The zero-order valence-corrected chi connectivity index (χ0v) is 11.0. The van der Waals surface area contributed by atoms with Crippen molar-refractivity contribution < 1.29 is 4.79 Å². The molecule has 1 aromatic heterocycles. The van der Waals surface area contributed by atoms with Crippen molar-refractivity contribution in [1.29, 1.82) is 0 Å². The molecule has 4 N–H and O–H groups in total. The van der Waals surface area contributed by atoms with E-state index in [0.29, 0.717) is 22.2 Å². The molecule has 1 aromatic carbocycles. The Hall–Kier alpha value is -1.79. The van der Waals surface area contributed by atoms with E-state index in [2.05, 4.69) is 20.8 Å². The Labute approximate surface area is 114 Å². The SMILES string of the molecule is Cc1nc(NNC(N)=O)c2ccc(Cl)cc2n1.Cl. The van der Waals surface area contributed by atoms with Gasteiger partial charge in [-0.3, -0.25) is 10.9 Å². The quantitative estimate of drug-likeness (QED) is 0.737. The minimum atomic E-state index is -0.691. The third kappa shape index (κ3) is 3.12. The first-order valence-corrected chi connectivity index (χ1v) is 5.19. The fraction of sp³-hybridized carbons (Fsp3) is 0.100. The molecule has 18 heavy (non-hydrogen) atoms. The Bertz CT molecular complexity index is 584. The van der Waals surface area contributed by atoms with Crippen LogP contribution in [0.1, 0.15) is 5.82 Å². The summed E-state index contributed by atoms with van der Waals surface area (Å²) in [5.41, 5.74) is 10.6. The summed E-state index contributed by atoms with van der Waals surface area (Å²) in [6, 6.07) is 4.52. The maximum absolute atomic E-state index is 10.6. The number of nitrogens with two attached hydrogens (primary N) is 1. The van der Waals surface area contributed by atoms with Gasteiger partial charge in [0.1, 0.15) is 5.82 Å². The minimum Gasteiger partial charge on any atom is -0.350 e. The van der Waals surface area contributed by atoms with E-state index in [-0.39, 0.29) is 12.4 Å². The van der Waals surface area contributed by atoms with E-state index in [1.807, 2.05) is 0 Å². The van der Waals surface area contributed by atoms with Gasteiger partial charge in [-0.15, -0.1) is 12.4 Å². The number of carbonyl (C=O) groups excluding carboxylic acids is 1. The molecule has 0 saturated carbocycles. The molecule has 0 aliphatic heterocycles. The van der Waals surface area contributed by atoms with Crippen molar-refractivity contribution in [1.82, 2.24) is 15.4 Å². The number of hydrazine groups is 1. The van der Waals surface area contributed by atoms with Crippen molar-refractivity contribution in [2.24, 2.45) is 5.73 Å². The number of anilines is 1. The smallest absolute Gasteiger partial charge is 0.330 e. The van der Waals surface area contributed by atoms with Crippen LogP contribution in [-0.4, -0.2) is 16.0 Å². The summed E-state index contributed by atoms with van der Waals surface area (Å²) in [4.78, 5) is 19.0. The van der Waals surface area contributed by atoms with E-state index in [4.69, 9.17) is 17.3 Å². The second-order valence-electron chi connectivity index (χ2n) is 3.40. The van der Waals surface area contributed by atoms with E-state index in [0.717, 1.165) is 5.39 Å². The molecular weight excluding hydrogens is 277 g/mol. The van der Waals surface area contributed by atoms with Crippen molar-refractivity contribution in [3.05, 3.63) is 29.0 Å². The van der Waals surface area contributed by atoms with Crippen LogP contribution in [0.25, 0.3) is 10.9 Å². The Morgan fingerprint density at radius 1 is 1.39 bits per heavy atom. The second kappa shape index (κ2) is 5.70. The monoisotopic (exact) mass is 287 g/mol. The highest BCUT2D eigenvalue weighted by molar-refractivity contribution is 6.31. The predicted octanol–water partition coefficient (Wildman–Crippen LogP) is 2.01. The Morgan fingerprint density at radius 3 is 2.78 bits per heavy atom. The highest BCUT2D eigenvalue weighted by Gasteiger charge is 2.06. The van der Waals surface area contributed by atoms with Crippen LogP contribution in [0.2, 0.25) is 5.02 Å². The van der Waals surface area contributed by atoms with Crippen molar-refractivity contribution in [3.63, 3.8) is 0 Å². The molecule has 0 atom stereocenters. The molecular formula is C10H11Cl2N5O. The third-order valence-electron chi connectivity index (χ3n) is 2.07. The summed E-state index contributed by atoms with van der Waals surface area (Å²) >= 11 is 5.88. The van der Waals surface area contributed by atoms with Crippen LogP contribution in [0.4, 0.5) is 10.6 Å². The fourth-order valence-electron chi connectivity index (χ4n) is 1.43. The highest BCUT2D eigenvalue weighted by atomic mass is 35.5. The molecule has 1 heterocycles. The number of benzene rings is 1. The molecule has 0 saturated heterocycles. The lowest BCUT2D eigenvalue weighted by Gasteiger charge is -2.09. The summed E-state index contributed by atoms with van der Waals surface area (Å²) in [5, 5.41) is 1.33. The first kappa shape index (κ1) is 14.3.